The van der Waals surface area contributed by atoms with Crippen LogP contribution in [0.15, 0.2) is 41.9 Å². The van der Waals surface area contributed by atoms with Crippen LogP contribution in [0.25, 0.3) is 0 Å². The van der Waals surface area contributed by atoms with E-state index in [-0.39, 0.29) is 6.04 Å². The van der Waals surface area contributed by atoms with E-state index < -0.39 is 30.1 Å². The molecule has 4 N–H and O–H groups in total. The number of aromatic nitrogens is 1. The first kappa shape index (κ1) is 26.6. The molecule has 2 amide bonds. The minimum atomic E-state index is -1.87. The molecule has 0 spiro atoms. The standard InChI is InChI=1S/C27H36N6O4S/c1-18(19-8-10-20(11-9-19)33-16-6-12-28-33)29-25(36)23(34)24(35)26(37)32-15-5-7-22(32)21-17-38-27(30-21)31-13-3-2-4-14-31/h6,8-11,16-18,22-24,28,34-35H,2-5,7,12-15H2,1H3,(H,29,36)/t18-,22-,23-,24-/m1/s1. The number of likely N-dealkylation sites (tertiary alicyclic amines) is 1. The van der Waals surface area contributed by atoms with Gasteiger partial charge < -0.3 is 25.3 Å². The highest BCUT2D eigenvalue weighted by atomic mass is 32.1. The first-order valence-electron chi connectivity index (χ1n) is 13.4. The van der Waals surface area contributed by atoms with Crippen molar-refractivity contribution < 1.29 is 19.8 Å². The van der Waals surface area contributed by atoms with Crippen LogP contribution in [0.4, 0.5) is 10.8 Å². The van der Waals surface area contributed by atoms with Gasteiger partial charge in [0.25, 0.3) is 11.8 Å². The molecule has 0 saturated carbocycles. The predicted molar refractivity (Wildman–Crippen MR) is 147 cm³/mol. The fourth-order valence-electron chi connectivity index (χ4n) is 5.29. The molecule has 11 heteroatoms. The van der Waals surface area contributed by atoms with E-state index in [1.54, 1.807) is 23.2 Å². The van der Waals surface area contributed by atoms with Crippen LogP contribution in [0.5, 0.6) is 0 Å². The first-order chi connectivity index (χ1) is 18.4. The number of aliphatic hydroxyl groups is 2. The summed E-state index contributed by atoms with van der Waals surface area (Å²) in [5.41, 5.74) is 5.81. The zero-order valence-corrected chi connectivity index (χ0v) is 22.4. The van der Waals surface area contributed by atoms with Gasteiger partial charge in [-0.1, -0.05) is 18.2 Å². The van der Waals surface area contributed by atoms with Gasteiger partial charge in [-0.2, -0.15) is 0 Å². The zero-order chi connectivity index (χ0) is 26.6. The molecule has 0 unspecified atom stereocenters. The molecule has 3 aliphatic rings. The molecule has 0 radical (unpaired) electrons. The van der Waals surface area contributed by atoms with Crippen LogP contribution in [-0.2, 0) is 9.59 Å². The van der Waals surface area contributed by atoms with Gasteiger partial charge >= 0.3 is 0 Å². The third-order valence-electron chi connectivity index (χ3n) is 7.50. The Hall–Kier alpha value is -2.99. The van der Waals surface area contributed by atoms with Gasteiger partial charge in [-0.3, -0.25) is 14.6 Å². The van der Waals surface area contributed by atoms with Crippen LogP contribution in [-0.4, -0.2) is 70.3 Å². The average Bonchev–Trinajstić information content (AvgIpc) is 3.74. The van der Waals surface area contributed by atoms with Gasteiger partial charge in [0.15, 0.2) is 17.3 Å². The average molecular weight is 541 g/mol. The molecule has 10 nitrogen and oxygen atoms in total. The van der Waals surface area contributed by atoms with Crippen molar-refractivity contribution in [3.05, 3.63) is 53.2 Å². The third kappa shape index (κ3) is 5.70. The number of nitrogens with zero attached hydrogens (tertiary/aromatic N) is 4. The molecule has 1 aromatic heterocycles. The number of hydrazine groups is 1. The van der Waals surface area contributed by atoms with E-state index in [0.717, 1.165) is 67.4 Å². The Morgan fingerprint density at radius 1 is 1.08 bits per heavy atom. The smallest absolute Gasteiger partial charge is 0.255 e. The summed E-state index contributed by atoms with van der Waals surface area (Å²) in [6.45, 7) is 5.01. The normalized spacial score (nSPS) is 22.0. The van der Waals surface area contributed by atoms with Crippen LogP contribution in [0.1, 0.15) is 62.4 Å². The molecular formula is C27H36N6O4S. The molecule has 2 aromatic rings. The number of piperidine rings is 1. The maximum atomic E-state index is 13.2. The Labute approximate surface area is 226 Å². The second-order valence-electron chi connectivity index (χ2n) is 10.1. The molecule has 2 saturated heterocycles. The van der Waals surface area contributed by atoms with Crippen molar-refractivity contribution in [1.82, 2.24) is 20.6 Å². The summed E-state index contributed by atoms with van der Waals surface area (Å²) in [6.07, 6.45) is 5.31. The van der Waals surface area contributed by atoms with E-state index in [0.29, 0.717) is 6.54 Å². The van der Waals surface area contributed by atoms with Gasteiger partial charge in [0.1, 0.15) is 0 Å². The van der Waals surface area contributed by atoms with Crippen LogP contribution in [0.2, 0.25) is 0 Å². The van der Waals surface area contributed by atoms with E-state index in [4.69, 9.17) is 4.98 Å². The number of anilines is 2. The fourth-order valence-corrected chi connectivity index (χ4v) is 6.22. The highest BCUT2D eigenvalue weighted by molar-refractivity contribution is 7.13. The SMILES string of the molecule is C[C@@H](NC(=O)[C@H](O)[C@@H](O)C(=O)N1CCC[C@@H]1c1csc(N2CCCCC2)n1)c1ccc(N2C=CCN2)cc1. The van der Waals surface area contributed by atoms with Crippen LogP contribution in [0, 0.1) is 0 Å². The zero-order valence-electron chi connectivity index (χ0n) is 21.6. The van der Waals surface area contributed by atoms with Crippen molar-refractivity contribution in [2.75, 3.05) is 36.1 Å². The lowest BCUT2D eigenvalue weighted by molar-refractivity contribution is -0.154. The van der Waals surface area contributed by atoms with Gasteiger partial charge in [-0.25, -0.2) is 10.4 Å². The van der Waals surface area contributed by atoms with E-state index in [9.17, 15) is 19.8 Å². The van der Waals surface area contributed by atoms with E-state index in [2.05, 4.69) is 15.6 Å². The van der Waals surface area contributed by atoms with Crippen molar-refractivity contribution in [1.29, 1.82) is 0 Å². The van der Waals surface area contributed by atoms with Crippen molar-refractivity contribution in [2.24, 2.45) is 0 Å². The molecule has 38 heavy (non-hydrogen) atoms. The highest BCUT2D eigenvalue weighted by Crippen LogP contribution is 2.35. The minimum absolute atomic E-state index is 0.264. The summed E-state index contributed by atoms with van der Waals surface area (Å²) in [7, 11) is 0. The lowest BCUT2D eigenvalue weighted by Gasteiger charge is -2.28. The highest BCUT2D eigenvalue weighted by Gasteiger charge is 2.39. The number of hydrogen-bond acceptors (Lipinski definition) is 9. The summed E-state index contributed by atoms with van der Waals surface area (Å²) in [5.74, 6) is -1.44. The number of benzene rings is 1. The Kier molecular flexibility index (Phi) is 8.27. The summed E-state index contributed by atoms with van der Waals surface area (Å²) < 4.78 is 0. The van der Waals surface area contributed by atoms with Gasteiger partial charge in [0, 0.05) is 37.8 Å². The molecule has 4 heterocycles. The number of nitrogens with one attached hydrogen (secondary N) is 2. The Balaban J connectivity index is 1.18. The fraction of sp³-hybridized carbons (Fsp3) is 0.519. The molecule has 5 rings (SSSR count). The molecular weight excluding hydrogens is 504 g/mol. The minimum Gasteiger partial charge on any atom is -0.380 e. The topological polar surface area (TPSA) is 121 Å². The molecule has 4 atom stereocenters. The maximum Gasteiger partial charge on any atom is 0.255 e. The summed E-state index contributed by atoms with van der Waals surface area (Å²) >= 11 is 1.58. The lowest BCUT2D eigenvalue weighted by Crippen LogP contribution is -2.51. The van der Waals surface area contributed by atoms with Crippen molar-refractivity contribution in [3.8, 4) is 0 Å². The largest absolute Gasteiger partial charge is 0.380 e. The Morgan fingerprint density at radius 3 is 2.55 bits per heavy atom. The quantitative estimate of drug-likeness (QED) is 0.402. The molecule has 2 fully saturated rings. The number of carbonyl (C=O) groups is 2. The lowest BCUT2D eigenvalue weighted by atomic mass is 10.1. The van der Waals surface area contributed by atoms with Gasteiger partial charge in [0.2, 0.25) is 0 Å². The summed E-state index contributed by atoms with van der Waals surface area (Å²) in [6, 6.07) is 6.96. The first-order valence-corrected chi connectivity index (χ1v) is 14.3. The Bertz CT molecular complexity index is 1150. The molecule has 3 aliphatic heterocycles. The second kappa shape index (κ2) is 11.8. The number of amides is 2. The van der Waals surface area contributed by atoms with Gasteiger partial charge in [-0.05, 0) is 56.7 Å². The number of rotatable bonds is 8. The second-order valence-corrected chi connectivity index (χ2v) is 11.0. The van der Waals surface area contributed by atoms with E-state index >= 15 is 0 Å². The maximum absolute atomic E-state index is 13.2. The van der Waals surface area contributed by atoms with Crippen molar-refractivity contribution in [3.63, 3.8) is 0 Å². The number of carbonyl (C=O) groups excluding carboxylic acids is 2. The molecule has 0 bridgehead atoms. The summed E-state index contributed by atoms with van der Waals surface area (Å²) in [5, 5.41) is 28.8. The van der Waals surface area contributed by atoms with Crippen LogP contribution >= 0.6 is 11.3 Å². The van der Waals surface area contributed by atoms with E-state index in [1.807, 2.05) is 46.9 Å². The van der Waals surface area contributed by atoms with Gasteiger partial charge in [0.05, 0.1) is 23.5 Å². The van der Waals surface area contributed by atoms with Crippen LogP contribution in [0.3, 0.4) is 0 Å². The van der Waals surface area contributed by atoms with Crippen molar-refractivity contribution >= 4 is 34.0 Å². The van der Waals surface area contributed by atoms with Crippen molar-refractivity contribution in [2.45, 2.75) is 63.3 Å². The summed E-state index contributed by atoms with van der Waals surface area (Å²) in [4.78, 5) is 34.6. The van der Waals surface area contributed by atoms with E-state index in [1.165, 1.54) is 6.42 Å². The molecule has 204 valence electrons. The molecule has 0 aliphatic carbocycles. The third-order valence-corrected chi connectivity index (χ3v) is 8.42. The predicted octanol–water partition coefficient (Wildman–Crippen LogP) is 2.23. The monoisotopic (exact) mass is 540 g/mol. The molecule has 1 aromatic carbocycles. The van der Waals surface area contributed by atoms with Crippen LogP contribution < -0.4 is 20.7 Å². The number of thiazole rings is 1. The van der Waals surface area contributed by atoms with Gasteiger partial charge in [-0.15, -0.1) is 11.3 Å². The number of hydrogen-bond donors (Lipinski definition) is 4. The Morgan fingerprint density at radius 2 is 1.84 bits per heavy atom. The number of aliphatic hydroxyl groups excluding tert-OH is 2.